The van der Waals surface area contributed by atoms with Gasteiger partial charge < -0.3 is 14.8 Å². The van der Waals surface area contributed by atoms with Crippen molar-refractivity contribution in [2.75, 3.05) is 14.2 Å². The zero-order chi connectivity index (χ0) is 27.4. The molecule has 0 fully saturated rings. The van der Waals surface area contributed by atoms with Crippen LogP contribution in [0.3, 0.4) is 0 Å². The molecule has 0 saturated heterocycles. The molecule has 8 nitrogen and oxygen atoms in total. The van der Waals surface area contributed by atoms with Crippen molar-refractivity contribution < 1.29 is 27.5 Å². The molecular weight excluding hydrogens is 504 g/mol. The molecule has 0 saturated carbocycles. The van der Waals surface area contributed by atoms with Crippen molar-refractivity contribution in [1.82, 2.24) is 9.62 Å². The minimum Gasteiger partial charge on any atom is -0.497 e. The summed E-state index contributed by atoms with van der Waals surface area (Å²) in [5.74, 6) is -0.226. The van der Waals surface area contributed by atoms with Gasteiger partial charge >= 0.3 is 5.97 Å². The number of rotatable bonds is 14. The number of ether oxygens (including phenoxy) is 2. The van der Waals surface area contributed by atoms with Crippen LogP contribution in [0.2, 0.25) is 0 Å². The van der Waals surface area contributed by atoms with Crippen molar-refractivity contribution in [3.8, 4) is 5.75 Å². The predicted octanol–water partition coefficient (Wildman–Crippen LogP) is 4.30. The van der Waals surface area contributed by atoms with Crippen LogP contribution in [0.1, 0.15) is 36.8 Å². The van der Waals surface area contributed by atoms with Crippen LogP contribution >= 0.6 is 0 Å². The first-order valence-electron chi connectivity index (χ1n) is 12.4. The number of unbranched alkanes of at least 4 members (excludes halogenated alkanes) is 1. The van der Waals surface area contributed by atoms with Gasteiger partial charge in [-0.2, -0.15) is 4.31 Å². The summed E-state index contributed by atoms with van der Waals surface area (Å²) >= 11 is 0. The van der Waals surface area contributed by atoms with Crippen molar-refractivity contribution in [2.45, 2.75) is 49.7 Å². The molecule has 0 spiro atoms. The van der Waals surface area contributed by atoms with Crippen LogP contribution in [0.4, 0.5) is 0 Å². The van der Waals surface area contributed by atoms with Gasteiger partial charge in [-0.05, 0) is 48.2 Å². The lowest BCUT2D eigenvalue weighted by Crippen LogP contribution is -2.45. The van der Waals surface area contributed by atoms with Gasteiger partial charge in [0.05, 0.1) is 19.1 Å². The molecule has 202 valence electrons. The van der Waals surface area contributed by atoms with Gasteiger partial charge in [-0.25, -0.2) is 8.42 Å². The van der Waals surface area contributed by atoms with E-state index < -0.39 is 22.0 Å². The quantitative estimate of drug-likeness (QED) is 0.243. The standard InChI is InChI=1S/C29H34N2O6S/c1-36-25-17-19-26(20-18-25)38(34,35)31(22-24-13-7-4-8-14-24)27(29(33)37-2)15-9-10-16-28(32)30-21-23-11-5-3-6-12-23/h3-8,11-14,17-20,27H,9-10,15-16,21-22H2,1-2H3,(H,30,32)/t27-/m1/s1. The van der Waals surface area contributed by atoms with Crippen LogP contribution < -0.4 is 10.1 Å². The van der Waals surface area contributed by atoms with Crippen LogP contribution in [-0.2, 0) is 37.4 Å². The third-order valence-corrected chi connectivity index (χ3v) is 8.00. The Balaban J connectivity index is 1.73. The molecule has 0 radical (unpaired) electrons. The third-order valence-electron chi connectivity index (χ3n) is 6.13. The number of carbonyl (C=O) groups excluding carboxylic acids is 2. The van der Waals surface area contributed by atoms with Gasteiger partial charge in [-0.3, -0.25) is 9.59 Å². The number of hydrogen-bond acceptors (Lipinski definition) is 6. The minimum atomic E-state index is -4.07. The van der Waals surface area contributed by atoms with E-state index in [9.17, 15) is 18.0 Å². The van der Waals surface area contributed by atoms with Gasteiger partial charge in [-0.15, -0.1) is 0 Å². The topological polar surface area (TPSA) is 102 Å². The highest BCUT2D eigenvalue weighted by Crippen LogP contribution is 2.26. The number of sulfonamides is 1. The second-order valence-electron chi connectivity index (χ2n) is 8.76. The highest BCUT2D eigenvalue weighted by atomic mass is 32.2. The fraction of sp³-hybridized carbons (Fsp3) is 0.310. The fourth-order valence-corrected chi connectivity index (χ4v) is 5.63. The highest BCUT2D eigenvalue weighted by molar-refractivity contribution is 7.89. The summed E-state index contributed by atoms with van der Waals surface area (Å²) in [4.78, 5) is 25.2. The minimum absolute atomic E-state index is 0.00741. The van der Waals surface area contributed by atoms with E-state index in [1.54, 1.807) is 12.1 Å². The Morgan fingerprint density at radius 1 is 0.842 bits per heavy atom. The molecule has 0 aliphatic heterocycles. The number of carbonyl (C=O) groups is 2. The number of benzene rings is 3. The normalized spacial score (nSPS) is 12.1. The Hall–Kier alpha value is -3.69. The molecule has 3 aromatic carbocycles. The number of nitrogens with one attached hydrogen (secondary N) is 1. The lowest BCUT2D eigenvalue weighted by Gasteiger charge is -2.29. The monoisotopic (exact) mass is 538 g/mol. The smallest absolute Gasteiger partial charge is 0.324 e. The van der Waals surface area contributed by atoms with Crippen LogP contribution in [0.5, 0.6) is 5.75 Å². The molecule has 0 bridgehead atoms. The first-order valence-corrected chi connectivity index (χ1v) is 13.9. The second-order valence-corrected chi connectivity index (χ2v) is 10.6. The molecule has 0 aliphatic carbocycles. The van der Waals surface area contributed by atoms with E-state index in [1.165, 1.54) is 30.7 Å². The van der Waals surface area contributed by atoms with E-state index in [2.05, 4.69) is 5.32 Å². The van der Waals surface area contributed by atoms with Gasteiger partial charge in [0, 0.05) is 19.5 Å². The summed E-state index contributed by atoms with van der Waals surface area (Å²) in [6.07, 6.45) is 1.43. The fourth-order valence-electron chi connectivity index (χ4n) is 4.03. The summed E-state index contributed by atoms with van der Waals surface area (Å²) in [5, 5.41) is 2.88. The predicted molar refractivity (Wildman–Crippen MR) is 145 cm³/mol. The van der Waals surface area contributed by atoms with Crippen molar-refractivity contribution in [1.29, 1.82) is 0 Å². The van der Waals surface area contributed by atoms with Crippen molar-refractivity contribution in [3.63, 3.8) is 0 Å². The van der Waals surface area contributed by atoms with E-state index in [0.717, 1.165) is 11.1 Å². The molecule has 0 unspecified atom stereocenters. The Labute approximate surface area is 224 Å². The molecule has 3 rings (SSSR count). The number of esters is 1. The molecule has 1 amide bonds. The van der Waals surface area contributed by atoms with Crippen LogP contribution in [0.15, 0.2) is 89.8 Å². The first-order chi connectivity index (χ1) is 18.3. The molecule has 1 N–H and O–H groups in total. The van der Waals surface area contributed by atoms with Crippen molar-refractivity contribution in [3.05, 3.63) is 96.1 Å². The molecule has 0 aromatic heterocycles. The Morgan fingerprint density at radius 3 is 2.03 bits per heavy atom. The molecular formula is C29H34N2O6S. The van der Waals surface area contributed by atoms with Crippen molar-refractivity contribution in [2.24, 2.45) is 0 Å². The van der Waals surface area contributed by atoms with Gasteiger partial charge in [0.25, 0.3) is 0 Å². The third kappa shape index (κ3) is 8.16. The number of amides is 1. The molecule has 38 heavy (non-hydrogen) atoms. The summed E-state index contributed by atoms with van der Waals surface area (Å²) in [6, 6.07) is 23.7. The average molecular weight is 539 g/mol. The van der Waals surface area contributed by atoms with Crippen LogP contribution in [0, 0.1) is 0 Å². The van der Waals surface area contributed by atoms with Crippen molar-refractivity contribution >= 4 is 21.9 Å². The highest BCUT2D eigenvalue weighted by Gasteiger charge is 2.36. The van der Waals surface area contributed by atoms with Gasteiger partial charge in [0.15, 0.2) is 0 Å². The van der Waals surface area contributed by atoms with Gasteiger partial charge in [0.1, 0.15) is 11.8 Å². The molecule has 9 heteroatoms. The SMILES string of the molecule is COC(=O)[C@@H](CCCCC(=O)NCc1ccccc1)N(Cc1ccccc1)S(=O)(=O)c1ccc(OC)cc1. The maximum absolute atomic E-state index is 13.8. The van der Waals surface area contributed by atoms with E-state index in [1.807, 2.05) is 60.7 Å². The first kappa shape index (κ1) is 28.9. The molecule has 1 atom stereocenters. The number of methoxy groups -OCH3 is 2. The van der Waals surface area contributed by atoms with Gasteiger partial charge in [0.2, 0.25) is 15.9 Å². The van der Waals surface area contributed by atoms with Gasteiger partial charge in [-0.1, -0.05) is 67.1 Å². The lowest BCUT2D eigenvalue weighted by molar-refractivity contribution is -0.145. The Kier molecular flexibility index (Phi) is 10.9. The zero-order valence-electron chi connectivity index (χ0n) is 21.7. The molecule has 3 aromatic rings. The zero-order valence-corrected chi connectivity index (χ0v) is 22.5. The second kappa shape index (κ2) is 14.3. The summed E-state index contributed by atoms with van der Waals surface area (Å²) < 4.78 is 38.9. The van der Waals surface area contributed by atoms with E-state index in [0.29, 0.717) is 25.1 Å². The molecule has 0 aliphatic rings. The maximum atomic E-state index is 13.8. The van der Waals surface area contributed by atoms with E-state index >= 15 is 0 Å². The largest absolute Gasteiger partial charge is 0.497 e. The van der Waals surface area contributed by atoms with Crippen LogP contribution in [-0.4, -0.2) is 44.9 Å². The summed E-state index contributed by atoms with van der Waals surface area (Å²) in [6.45, 7) is 0.432. The lowest BCUT2D eigenvalue weighted by atomic mass is 10.1. The Bertz CT molecular complexity index is 1270. The summed E-state index contributed by atoms with van der Waals surface area (Å²) in [5.41, 5.74) is 1.74. The summed E-state index contributed by atoms with van der Waals surface area (Å²) in [7, 11) is -1.33. The average Bonchev–Trinajstić information content (AvgIpc) is 2.96. The number of hydrogen-bond donors (Lipinski definition) is 1. The Morgan fingerprint density at radius 2 is 1.45 bits per heavy atom. The maximum Gasteiger partial charge on any atom is 0.324 e. The van der Waals surface area contributed by atoms with E-state index in [-0.39, 0.29) is 30.2 Å². The van der Waals surface area contributed by atoms with E-state index in [4.69, 9.17) is 9.47 Å². The van der Waals surface area contributed by atoms with Crippen LogP contribution in [0.25, 0.3) is 0 Å². The number of nitrogens with zero attached hydrogens (tertiary/aromatic N) is 1. The molecule has 0 heterocycles.